The Labute approximate surface area is 211 Å². The molecule has 3 aromatic carbocycles. The predicted molar refractivity (Wildman–Crippen MR) is 137 cm³/mol. The zero-order valence-corrected chi connectivity index (χ0v) is 20.5. The van der Waals surface area contributed by atoms with E-state index in [0.29, 0.717) is 35.4 Å². The Kier molecular flexibility index (Phi) is 9.47. The maximum atomic E-state index is 12.4. The molecule has 0 aromatic heterocycles. The van der Waals surface area contributed by atoms with Crippen molar-refractivity contribution < 1.29 is 24.2 Å². The van der Waals surface area contributed by atoms with Gasteiger partial charge in [-0.05, 0) is 59.9 Å². The second-order valence-corrected chi connectivity index (χ2v) is 8.32. The lowest BCUT2D eigenvalue weighted by atomic mass is 9.95. The number of anilines is 1. The van der Waals surface area contributed by atoms with Crippen LogP contribution in [0.4, 0.5) is 5.69 Å². The van der Waals surface area contributed by atoms with Gasteiger partial charge in [-0.2, -0.15) is 5.26 Å². The van der Waals surface area contributed by atoms with E-state index in [1.54, 1.807) is 30.3 Å². The lowest BCUT2D eigenvalue weighted by Crippen LogP contribution is -2.23. The van der Waals surface area contributed by atoms with Crippen molar-refractivity contribution in [2.24, 2.45) is 0 Å². The van der Waals surface area contributed by atoms with Gasteiger partial charge in [-0.1, -0.05) is 56.7 Å². The molecule has 36 heavy (non-hydrogen) atoms. The number of hydrogen-bond donors (Lipinski definition) is 2. The Bertz CT molecular complexity index is 1220. The first kappa shape index (κ1) is 26.3. The number of benzene rings is 3. The smallest absolute Gasteiger partial charge is 0.344 e. The molecule has 7 heteroatoms. The molecule has 0 spiro atoms. The first-order chi connectivity index (χ1) is 17.4. The molecule has 186 valence electrons. The van der Waals surface area contributed by atoms with Crippen LogP contribution in [-0.4, -0.2) is 23.7 Å². The summed E-state index contributed by atoms with van der Waals surface area (Å²) in [5.74, 6) is -1.26. The molecule has 0 bridgehead atoms. The Balaban J connectivity index is 1.88. The standard InChI is InChI=1S/C29H30N2O5/c1-3-8-23-15-20(4-2)16-25(27(29(33)34)31-24-13-11-21(17-30)12-14-24)28(23)36-19-26(32)35-18-22-9-6-5-7-10-22/h5-7,9-16,27,31H,3-4,8,18-19H2,1-2H3,(H,33,34). The largest absolute Gasteiger partial charge is 0.481 e. The summed E-state index contributed by atoms with van der Waals surface area (Å²) >= 11 is 0. The number of hydrogen-bond acceptors (Lipinski definition) is 6. The molecule has 1 unspecified atom stereocenters. The number of aryl methyl sites for hydroxylation is 2. The molecule has 0 saturated heterocycles. The van der Waals surface area contributed by atoms with Gasteiger partial charge in [0.1, 0.15) is 12.4 Å². The number of carbonyl (C=O) groups is 2. The molecule has 0 saturated carbocycles. The van der Waals surface area contributed by atoms with Gasteiger partial charge in [-0.25, -0.2) is 9.59 Å². The molecule has 0 fully saturated rings. The summed E-state index contributed by atoms with van der Waals surface area (Å²) in [6.45, 7) is 3.82. The van der Waals surface area contributed by atoms with Crippen LogP contribution >= 0.6 is 0 Å². The van der Waals surface area contributed by atoms with Crippen LogP contribution in [0.5, 0.6) is 5.75 Å². The Morgan fingerprint density at radius 1 is 1.03 bits per heavy atom. The highest BCUT2D eigenvalue weighted by Gasteiger charge is 2.27. The van der Waals surface area contributed by atoms with Crippen molar-refractivity contribution >= 4 is 17.6 Å². The molecule has 0 radical (unpaired) electrons. The van der Waals surface area contributed by atoms with Gasteiger partial charge in [0.15, 0.2) is 12.6 Å². The van der Waals surface area contributed by atoms with Gasteiger partial charge in [-0.15, -0.1) is 0 Å². The highest BCUT2D eigenvalue weighted by molar-refractivity contribution is 5.81. The van der Waals surface area contributed by atoms with E-state index in [4.69, 9.17) is 14.7 Å². The lowest BCUT2D eigenvalue weighted by molar-refractivity contribution is -0.147. The summed E-state index contributed by atoms with van der Waals surface area (Å²) < 4.78 is 11.3. The number of aliphatic carboxylic acids is 1. The van der Waals surface area contributed by atoms with Crippen molar-refractivity contribution in [1.29, 1.82) is 5.26 Å². The number of nitrogens with zero attached hydrogens (tertiary/aromatic N) is 1. The van der Waals surface area contributed by atoms with Crippen molar-refractivity contribution in [3.05, 3.63) is 94.5 Å². The average molecular weight is 487 g/mol. The maximum Gasteiger partial charge on any atom is 0.344 e. The zero-order valence-electron chi connectivity index (χ0n) is 20.5. The first-order valence-electron chi connectivity index (χ1n) is 11.9. The Hall–Kier alpha value is -4.31. The monoisotopic (exact) mass is 486 g/mol. The van der Waals surface area contributed by atoms with Crippen molar-refractivity contribution in [2.75, 3.05) is 11.9 Å². The van der Waals surface area contributed by atoms with Crippen LogP contribution in [0, 0.1) is 11.3 Å². The number of carboxylic acids is 1. The van der Waals surface area contributed by atoms with Crippen molar-refractivity contribution in [3.8, 4) is 11.8 Å². The number of esters is 1. The minimum absolute atomic E-state index is 0.129. The van der Waals surface area contributed by atoms with Crippen molar-refractivity contribution in [1.82, 2.24) is 0 Å². The fraction of sp³-hybridized carbons (Fsp3) is 0.276. The van der Waals surface area contributed by atoms with E-state index in [-0.39, 0.29) is 13.2 Å². The highest BCUT2D eigenvalue weighted by Crippen LogP contribution is 2.34. The number of ether oxygens (including phenoxy) is 2. The van der Waals surface area contributed by atoms with E-state index in [2.05, 4.69) is 5.32 Å². The summed E-state index contributed by atoms with van der Waals surface area (Å²) in [5, 5.41) is 22.2. The predicted octanol–water partition coefficient (Wildman–Crippen LogP) is 5.43. The normalized spacial score (nSPS) is 11.2. The van der Waals surface area contributed by atoms with Crippen molar-refractivity contribution in [2.45, 2.75) is 45.8 Å². The number of carbonyl (C=O) groups excluding carboxylic acids is 1. The van der Waals surface area contributed by atoms with Crippen LogP contribution in [-0.2, 0) is 33.8 Å². The maximum absolute atomic E-state index is 12.4. The van der Waals surface area contributed by atoms with Gasteiger partial charge >= 0.3 is 11.9 Å². The molecule has 7 nitrogen and oxygen atoms in total. The quantitative estimate of drug-likeness (QED) is 0.328. The molecule has 0 amide bonds. The van der Waals surface area contributed by atoms with E-state index >= 15 is 0 Å². The fourth-order valence-electron chi connectivity index (χ4n) is 3.82. The molecule has 2 N–H and O–H groups in total. The summed E-state index contributed by atoms with van der Waals surface area (Å²) in [6, 6.07) is 20.6. The number of nitrogens with one attached hydrogen (secondary N) is 1. The first-order valence-corrected chi connectivity index (χ1v) is 11.9. The molecule has 0 aliphatic rings. The van der Waals surface area contributed by atoms with Crippen LogP contribution in [0.3, 0.4) is 0 Å². The summed E-state index contributed by atoms with van der Waals surface area (Å²) in [6.07, 6.45) is 2.20. The van der Waals surface area contributed by atoms with Gasteiger partial charge < -0.3 is 19.9 Å². The van der Waals surface area contributed by atoms with Crippen LogP contribution in [0.25, 0.3) is 0 Å². The molecule has 3 rings (SSSR count). The molecule has 0 aliphatic carbocycles. The Morgan fingerprint density at radius 2 is 1.75 bits per heavy atom. The summed E-state index contributed by atoms with van der Waals surface area (Å²) in [7, 11) is 0. The number of nitriles is 1. The molecule has 1 atom stereocenters. The van der Waals surface area contributed by atoms with E-state index in [9.17, 15) is 14.7 Å². The number of carboxylic acid groups (broad SMARTS) is 1. The van der Waals surface area contributed by atoms with Crippen LogP contribution in [0.1, 0.15) is 54.1 Å². The van der Waals surface area contributed by atoms with Crippen LogP contribution in [0.2, 0.25) is 0 Å². The molecule has 0 heterocycles. The molecular weight excluding hydrogens is 456 g/mol. The third kappa shape index (κ3) is 7.09. The topological polar surface area (TPSA) is 109 Å². The third-order valence-electron chi connectivity index (χ3n) is 5.64. The van der Waals surface area contributed by atoms with Gasteiger partial charge in [0.05, 0.1) is 11.6 Å². The second-order valence-electron chi connectivity index (χ2n) is 8.32. The van der Waals surface area contributed by atoms with Crippen LogP contribution < -0.4 is 10.1 Å². The molecule has 0 aliphatic heterocycles. The minimum atomic E-state index is -1.13. The average Bonchev–Trinajstić information content (AvgIpc) is 2.90. The van der Waals surface area contributed by atoms with Gasteiger partial charge in [-0.3, -0.25) is 0 Å². The number of rotatable bonds is 12. The highest BCUT2D eigenvalue weighted by atomic mass is 16.6. The van der Waals surface area contributed by atoms with E-state index in [1.807, 2.05) is 56.3 Å². The third-order valence-corrected chi connectivity index (χ3v) is 5.64. The second kappa shape index (κ2) is 13.0. The molecule has 3 aromatic rings. The summed E-state index contributed by atoms with van der Waals surface area (Å²) in [4.78, 5) is 24.8. The van der Waals surface area contributed by atoms with E-state index < -0.39 is 18.0 Å². The summed E-state index contributed by atoms with van der Waals surface area (Å²) in [5.41, 5.74) is 4.14. The fourth-order valence-corrected chi connectivity index (χ4v) is 3.82. The van der Waals surface area contributed by atoms with Gasteiger partial charge in [0, 0.05) is 11.3 Å². The van der Waals surface area contributed by atoms with Gasteiger partial charge in [0.25, 0.3) is 0 Å². The van der Waals surface area contributed by atoms with E-state index in [0.717, 1.165) is 23.1 Å². The lowest BCUT2D eigenvalue weighted by Gasteiger charge is -2.23. The zero-order chi connectivity index (χ0) is 25.9. The SMILES string of the molecule is CCCc1cc(CC)cc(C(Nc2ccc(C#N)cc2)C(=O)O)c1OCC(=O)OCc1ccccc1. The minimum Gasteiger partial charge on any atom is -0.481 e. The van der Waals surface area contributed by atoms with Gasteiger partial charge in [0.2, 0.25) is 0 Å². The van der Waals surface area contributed by atoms with Crippen molar-refractivity contribution in [3.63, 3.8) is 0 Å². The van der Waals surface area contributed by atoms with Crippen LogP contribution in [0.15, 0.2) is 66.7 Å². The van der Waals surface area contributed by atoms with E-state index in [1.165, 1.54) is 0 Å². The molecular formula is C29H30N2O5. The Morgan fingerprint density at radius 3 is 2.36 bits per heavy atom.